The lowest BCUT2D eigenvalue weighted by molar-refractivity contribution is -0.122. The SMILES string of the molecule is Cc1ccc(N2CC(C(=O)Nc3cnc(N(C)C)nc3N(C)C)CC2=O)cc1C. The Morgan fingerprint density at radius 2 is 1.86 bits per heavy atom. The lowest BCUT2D eigenvalue weighted by Crippen LogP contribution is -2.29. The van der Waals surface area contributed by atoms with Gasteiger partial charge in [0.1, 0.15) is 5.69 Å². The van der Waals surface area contributed by atoms with E-state index in [-0.39, 0.29) is 18.2 Å². The number of nitrogens with one attached hydrogen (secondary N) is 1. The summed E-state index contributed by atoms with van der Waals surface area (Å²) in [7, 11) is 7.44. The van der Waals surface area contributed by atoms with Crippen molar-refractivity contribution in [3.63, 3.8) is 0 Å². The van der Waals surface area contributed by atoms with Gasteiger partial charge in [-0.3, -0.25) is 9.59 Å². The first-order chi connectivity index (χ1) is 13.7. The molecule has 1 aliphatic heterocycles. The number of hydrogen-bond donors (Lipinski definition) is 1. The Morgan fingerprint density at radius 1 is 1.14 bits per heavy atom. The van der Waals surface area contributed by atoms with E-state index in [0.29, 0.717) is 24.0 Å². The molecule has 3 rings (SSSR count). The van der Waals surface area contributed by atoms with Crippen LogP contribution in [0.1, 0.15) is 17.5 Å². The first kappa shape index (κ1) is 20.6. The maximum absolute atomic E-state index is 12.9. The minimum absolute atomic E-state index is 0.0413. The Hall–Kier alpha value is -3.16. The second-order valence-electron chi connectivity index (χ2n) is 7.86. The van der Waals surface area contributed by atoms with Gasteiger partial charge in [-0.15, -0.1) is 0 Å². The molecule has 1 aromatic carbocycles. The topological polar surface area (TPSA) is 81.7 Å². The molecule has 1 unspecified atom stereocenters. The van der Waals surface area contributed by atoms with Crippen LogP contribution < -0.4 is 20.0 Å². The summed E-state index contributed by atoms with van der Waals surface area (Å²) in [6, 6.07) is 5.92. The van der Waals surface area contributed by atoms with Crippen LogP contribution in [0.15, 0.2) is 24.4 Å². The molecule has 2 aromatic rings. The second-order valence-corrected chi connectivity index (χ2v) is 7.86. The van der Waals surface area contributed by atoms with Crippen LogP contribution in [0.2, 0.25) is 0 Å². The third-order valence-corrected chi connectivity index (χ3v) is 5.14. The Balaban J connectivity index is 1.76. The molecule has 1 fully saturated rings. The highest BCUT2D eigenvalue weighted by molar-refractivity contribution is 6.04. The molecule has 1 aromatic heterocycles. The van der Waals surface area contributed by atoms with Gasteiger partial charge in [-0.1, -0.05) is 6.07 Å². The van der Waals surface area contributed by atoms with Gasteiger partial charge >= 0.3 is 0 Å². The molecular weight excluding hydrogens is 368 g/mol. The summed E-state index contributed by atoms with van der Waals surface area (Å²) in [4.78, 5) is 39.5. The zero-order valence-electron chi connectivity index (χ0n) is 17.9. The van der Waals surface area contributed by atoms with E-state index in [4.69, 9.17) is 0 Å². The molecule has 0 saturated carbocycles. The van der Waals surface area contributed by atoms with E-state index in [1.54, 1.807) is 16.0 Å². The molecular formula is C21H28N6O2. The van der Waals surface area contributed by atoms with Gasteiger partial charge in [0.25, 0.3) is 0 Å². The lowest BCUT2D eigenvalue weighted by Gasteiger charge is -2.20. The quantitative estimate of drug-likeness (QED) is 0.835. The van der Waals surface area contributed by atoms with Gasteiger partial charge in [0, 0.05) is 46.8 Å². The molecule has 1 aliphatic rings. The van der Waals surface area contributed by atoms with E-state index in [9.17, 15) is 9.59 Å². The van der Waals surface area contributed by atoms with Crippen molar-refractivity contribution in [3.05, 3.63) is 35.5 Å². The fourth-order valence-electron chi connectivity index (χ4n) is 3.27. The van der Waals surface area contributed by atoms with Crippen LogP contribution in [0.4, 0.5) is 23.1 Å². The zero-order chi connectivity index (χ0) is 21.3. The minimum Gasteiger partial charge on any atom is -0.361 e. The molecule has 1 N–H and O–H groups in total. The van der Waals surface area contributed by atoms with Crippen LogP contribution >= 0.6 is 0 Å². The number of benzene rings is 1. The van der Waals surface area contributed by atoms with Gasteiger partial charge in [-0.2, -0.15) is 4.98 Å². The van der Waals surface area contributed by atoms with E-state index >= 15 is 0 Å². The van der Waals surface area contributed by atoms with Gasteiger partial charge in [-0.25, -0.2) is 4.98 Å². The summed E-state index contributed by atoms with van der Waals surface area (Å²) < 4.78 is 0. The molecule has 1 saturated heterocycles. The van der Waals surface area contributed by atoms with Crippen LogP contribution in [-0.2, 0) is 9.59 Å². The third kappa shape index (κ3) is 4.31. The van der Waals surface area contributed by atoms with Crippen LogP contribution in [0, 0.1) is 19.8 Å². The maximum atomic E-state index is 12.9. The molecule has 154 valence electrons. The van der Waals surface area contributed by atoms with E-state index in [1.165, 1.54) is 5.56 Å². The molecule has 2 heterocycles. The van der Waals surface area contributed by atoms with E-state index in [0.717, 1.165) is 11.3 Å². The largest absolute Gasteiger partial charge is 0.361 e. The van der Waals surface area contributed by atoms with Crippen LogP contribution in [-0.4, -0.2) is 56.5 Å². The Bertz CT molecular complexity index is 941. The van der Waals surface area contributed by atoms with E-state index < -0.39 is 5.92 Å². The van der Waals surface area contributed by atoms with Gasteiger partial charge in [-0.05, 0) is 37.1 Å². The monoisotopic (exact) mass is 396 g/mol. The third-order valence-electron chi connectivity index (χ3n) is 5.14. The van der Waals surface area contributed by atoms with Gasteiger partial charge in [0.15, 0.2) is 5.82 Å². The second kappa shape index (κ2) is 8.06. The Labute approximate surface area is 171 Å². The summed E-state index contributed by atoms with van der Waals surface area (Å²) in [5, 5.41) is 2.91. The minimum atomic E-state index is -0.423. The fraction of sp³-hybridized carbons (Fsp3) is 0.429. The van der Waals surface area contributed by atoms with Crippen LogP contribution in [0.5, 0.6) is 0 Å². The fourth-order valence-corrected chi connectivity index (χ4v) is 3.27. The number of aromatic nitrogens is 2. The van der Waals surface area contributed by atoms with Crippen LogP contribution in [0.25, 0.3) is 0 Å². The highest BCUT2D eigenvalue weighted by Crippen LogP contribution is 2.29. The zero-order valence-corrected chi connectivity index (χ0v) is 17.9. The first-order valence-corrected chi connectivity index (χ1v) is 9.57. The number of anilines is 4. The highest BCUT2D eigenvalue weighted by Gasteiger charge is 2.35. The van der Waals surface area contributed by atoms with Gasteiger partial charge < -0.3 is 20.0 Å². The number of nitrogens with zero attached hydrogens (tertiary/aromatic N) is 5. The summed E-state index contributed by atoms with van der Waals surface area (Å²) >= 11 is 0. The van der Waals surface area contributed by atoms with Crippen molar-refractivity contribution in [2.75, 3.05) is 54.8 Å². The average Bonchev–Trinajstić information content (AvgIpc) is 3.05. The normalized spacial score (nSPS) is 16.1. The average molecular weight is 396 g/mol. The summed E-state index contributed by atoms with van der Waals surface area (Å²) in [6.45, 7) is 4.41. The standard InChI is InChI=1S/C21H28N6O2/c1-13-7-8-16(9-14(13)2)27-12-15(10-18(27)28)20(29)23-17-11-22-21(26(5)6)24-19(17)25(3)4/h7-9,11,15H,10,12H2,1-6H3,(H,23,29). The van der Waals surface area contributed by atoms with Crippen molar-refractivity contribution in [3.8, 4) is 0 Å². The summed E-state index contributed by atoms with van der Waals surface area (Å²) in [5.41, 5.74) is 3.66. The van der Waals surface area contributed by atoms with Crippen molar-refractivity contribution in [2.45, 2.75) is 20.3 Å². The molecule has 2 amide bonds. The van der Waals surface area contributed by atoms with E-state index in [2.05, 4.69) is 15.3 Å². The number of rotatable bonds is 5. The van der Waals surface area contributed by atoms with Gasteiger partial charge in [0.05, 0.1) is 12.1 Å². The summed E-state index contributed by atoms with van der Waals surface area (Å²) in [6.07, 6.45) is 1.79. The number of hydrogen-bond acceptors (Lipinski definition) is 6. The predicted molar refractivity (Wildman–Crippen MR) is 116 cm³/mol. The smallest absolute Gasteiger partial charge is 0.229 e. The number of aryl methyl sites for hydroxylation is 2. The van der Waals surface area contributed by atoms with Crippen molar-refractivity contribution in [1.82, 2.24) is 9.97 Å². The lowest BCUT2D eigenvalue weighted by atomic mass is 10.1. The molecule has 0 aliphatic carbocycles. The first-order valence-electron chi connectivity index (χ1n) is 9.57. The molecule has 0 spiro atoms. The molecule has 0 radical (unpaired) electrons. The Kier molecular flexibility index (Phi) is 5.72. The molecule has 8 nitrogen and oxygen atoms in total. The number of amides is 2. The number of carbonyl (C=O) groups is 2. The predicted octanol–water partition coefficient (Wildman–Crippen LogP) is 2.22. The van der Waals surface area contributed by atoms with E-state index in [1.807, 2.05) is 65.1 Å². The van der Waals surface area contributed by atoms with Crippen LogP contribution in [0.3, 0.4) is 0 Å². The van der Waals surface area contributed by atoms with Crippen molar-refractivity contribution in [1.29, 1.82) is 0 Å². The van der Waals surface area contributed by atoms with Crippen molar-refractivity contribution < 1.29 is 9.59 Å². The van der Waals surface area contributed by atoms with Crippen molar-refractivity contribution in [2.24, 2.45) is 5.92 Å². The Morgan fingerprint density at radius 3 is 2.48 bits per heavy atom. The summed E-state index contributed by atoms with van der Waals surface area (Å²) in [5.74, 6) is 0.512. The maximum Gasteiger partial charge on any atom is 0.229 e. The number of carbonyl (C=O) groups excluding carboxylic acids is 2. The molecule has 0 bridgehead atoms. The van der Waals surface area contributed by atoms with Crippen molar-refractivity contribution >= 4 is 35.0 Å². The highest BCUT2D eigenvalue weighted by atomic mass is 16.2. The molecule has 1 atom stereocenters. The van der Waals surface area contributed by atoms with Gasteiger partial charge in [0.2, 0.25) is 17.8 Å². The molecule has 29 heavy (non-hydrogen) atoms. The molecule has 8 heteroatoms.